The van der Waals surface area contributed by atoms with E-state index in [0.717, 1.165) is 4.31 Å². The second-order valence-corrected chi connectivity index (χ2v) is 8.46. The predicted octanol–water partition coefficient (Wildman–Crippen LogP) is 3.76. The third kappa shape index (κ3) is 4.76. The van der Waals surface area contributed by atoms with E-state index in [1.54, 1.807) is 25.1 Å². The summed E-state index contributed by atoms with van der Waals surface area (Å²) in [6, 6.07) is 11.3. The lowest BCUT2D eigenvalue weighted by Gasteiger charge is -2.20. The van der Waals surface area contributed by atoms with Crippen LogP contribution in [-0.2, 0) is 14.8 Å². The molecular weight excluding hydrogens is 444 g/mol. The van der Waals surface area contributed by atoms with Crippen LogP contribution in [0.1, 0.15) is 6.92 Å². The highest BCUT2D eigenvalue weighted by molar-refractivity contribution is 9.10. The average molecular weight is 462 g/mol. The number of carbonyl (C=O) groups is 1. The number of sulfonamides is 1. The number of likely N-dealkylation sites (N-methyl/N-ethyl adjacent to an activating group) is 1. The Labute approximate surface area is 166 Å². The summed E-state index contributed by atoms with van der Waals surface area (Å²) in [7, 11) is -2.43. The van der Waals surface area contributed by atoms with Gasteiger partial charge in [0.25, 0.3) is 0 Å². The van der Waals surface area contributed by atoms with Gasteiger partial charge in [-0.05, 0) is 46.3 Å². The molecule has 0 spiro atoms. The summed E-state index contributed by atoms with van der Waals surface area (Å²) in [6.45, 7) is 1.48. The smallest absolute Gasteiger partial charge is 0.243 e. The maximum Gasteiger partial charge on any atom is 0.243 e. The van der Waals surface area contributed by atoms with Gasteiger partial charge < -0.3 is 10.1 Å². The number of methoxy groups -OCH3 is 1. The summed E-state index contributed by atoms with van der Waals surface area (Å²) >= 11 is 9.35. The molecule has 9 heteroatoms. The summed E-state index contributed by atoms with van der Waals surface area (Å²) in [5.41, 5.74) is 0.568. The number of nitrogens with one attached hydrogen (secondary N) is 1. The molecule has 0 aliphatic rings. The summed E-state index contributed by atoms with van der Waals surface area (Å²) in [4.78, 5) is 12.3. The van der Waals surface area contributed by atoms with Crippen LogP contribution in [0.4, 0.5) is 5.69 Å². The van der Waals surface area contributed by atoms with Gasteiger partial charge in [0.05, 0.1) is 29.3 Å². The van der Waals surface area contributed by atoms with Gasteiger partial charge in [-0.2, -0.15) is 4.31 Å². The molecule has 0 unspecified atom stereocenters. The maximum absolute atomic E-state index is 12.8. The Morgan fingerprint density at radius 1 is 1.27 bits per heavy atom. The van der Waals surface area contributed by atoms with E-state index in [1.165, 1.54) is 25.3 Å². The SMILES string of the molecule is CCN(CC(=O)Nc1ccccc1Br)S(=O)(=O)c1ccc(OC)c(Cl)c1. The number of ether oxygens (including phenoxy) is 1. The Hall–Kier alpha value is -1.61. The molecule has 0 aliphatic carbocycles. The summed E-state index contributed by atoms with van der Waals surface area (Å²) in [5.74, 6) is -0.0673. The van der Waals surface area contributed by atoms with E-state index in [9.17, 15) is 13.2 Å². The van der Waals surface area contributed by atoms with Gasteiger partial charge in [-0.1, -0.05) is 30.7 Å². The van der Waals surface area contributed by atoms with Gasteiger partial charge in [0.2, 0.25) is 15.9 Å². The number of anilines is 1. The zero-order chi connectivity index (χ0) is 19.3. The molecule has 6 nitrogen and oxygen atoms in total. The minimum absolute atomic E-state index is 0.00107. The molecule has 140 valence electrons. The highest BCUT2D eigenvalue weighted by atomic mass is 79.9. The Morgan fingerprint density at radius 2 is 1.96 bits per heavy atom. The van der Waals surface area contributed by atoms with Crippen molar-refractivity contribution in [1.82, 2.24) is 4.31 Å². The first-order valence-electron chi connectivity index (χ1n) is 7.67. The van der Waals surface area contributed by atoms with Crippen molar-refractivity contribution in [3.05, 3.63) is 52.0 Å². The van der Waals surface area contributed by atoms with Crippen molar-refractivity contribution >= 4 is 49.1 Å². The Morgan fingerprint density at radius 3 is 2.54 bits per heavy atom. The largest absolute Gasteiger partial charge is 0.495 e. The monoisotopic (exact) mass is 460 g/mol. The molecule has 2 rings (SSSR count). The first-order chi connectivity index (χ1) is 12.3. The van der Waals surface area contributed by atoms with Crippen LogP contribution < -0.4 is 10.1 Å². The topological polar surface area (TPSA) is 75.7 Å². The van der Waals surface area contributed by atoms with E-state index < -0.39 is 15.9 Å². The minimum Gasteiger partial charge on any atom is -0.495 e. The predicted molar refractivity (Wildman–Crippen MR) is 105 cm³/mol. The lowest BCUT2D eigenvalue weighted by molar-refractivity contribution is -0.116. The van der Waals surface area contributed by atoms with Gasteiger partial charge in [0.15, 0.2) is 0 Å². The van der Waals surface area contributed by atoms with Gasteiger partial charge >= 0.3 is 0 Å². The standard InChI is InChI=1S/C17H18BrClN2O4S/c1-3-21(11-17(22)20-15-7-5-4-6-13(15)18)26(23,24)12-8-9-16(25-2)14(19)10-12/h4-10H,3,11H2,1-2H3,(H,20,22). The average Bonchev–Trinajstić information content (AvgIpc) is 2.61. The van der Waals surface area contributed by atoms with Crippen molar-refractivity contribution in [2.24, 2.45) is 0 Å². The number of benzene rings is 2. The van der Waals surface area contributed by atoms with Crippen molar-refractivity contribution < 1.29 is 17.9 Å². The fraction of sp³-hybridized carbons (Fsp3) is 0.235. The summed E-state index contributed by atoms with van der Waals surface area (Å²) < 4.78 is 32.4. The quantitative estimate of drug-likeness (QED) is 0.681. The Balaban J connectivity index is 2.19. The van der Waals surface area contributed by atoms with Crippen LogP contribution in [0, 0.1) is 0 Å². The van der Waals surface area contributed by atoms with Gasteiger partial charge in [-0.3, -0.25) is 4.79 Å². The lowest BCUT2D eigenvalue weighted by atomic mass is 10.3. The molecule has 2 aromatic rings. The van der Waals surface area contributed by atoms with E-state index >= 15 is 0 Å². The second-order valence-electron chi connectivity index (χ2n) is 5.26. The molecule has 0 aromatic heterocycles. The fourth-order valence-electron chi connectivity index (χ4n) is 2.24. The van der Waals surface area contributed by atoms with Crippen LogP contribution in [0.25, 0.3) is 0 Å². The third-order valence-electron chi connectivity index (χ3n) is 3.58. The van der Waals surface area contributed by atoms with Crippen LogP contribution in [0.3, 0.4) is 0 Å². The van der Waals surface area contributed by atoms with Crippen molar-refractivity contribution in [2.45, 2.75) is 11.8 Å². The van der Waals surface area contributed by atoms with Crippen molar-refractivity contribution in [3.63, 3.8) is 0 Å². The lowest BCUT2D eigenvalue weighted by Crippen LogP contribution is -2.37. The molecule has 0 fully saturated rings. The first-order valence-corrected chi connectivity index (χ1v) is 10.3. The fourth-order valence-corrected chi connectivity index (χ4v) is 4.37. The molecule has 0 atom stereocenters. The van der Waals surface area contributed by atoms with Gasteiger partial charge in [0.1, 0.15) is 5.75 Å². The van der Waals surface area contributed by atoms with Crippen molar-refractivity contribution in [3.8, 4) is 5.75 Å². The van der Waals surface area contributed by atoms with E-state index in [1.807, 2.05) is 6.07 Å². The number of hydrogen-bond donors (Lipinski definition) is 1. The number of para-hydroxylation sites is 1. The molecule has 0 heterocycles. The molecule has 0 aliphatic heterocycles. The minimum atomic E-state index is -3.88. The summed E-state index contributed by atoms with van der Waals surface area (Å²) in [6.07, 6.45) is 0. The highest BCUT2D eigenvalue weighted by Crippen LogP contribution is 2.28. The van der Waals surface area contributed by atoms with E-state index in [2.05, 4.69) is 21.2 Å². The number of carbonyl (C=O) groups excluding carboxylic acids is 1. The van der Waals surface area contributed by atoms with E-state index in [4.69, 9.17) is 16.3 Å². The third-order valence-corrected chi connectivity index (χ3v) is 6.49. The second kappa shape index (κ2) is 8.85. The normalized spacial score (nSPS) is 11.4. The summed E-state index contributed by atoms with van der Waals surface area (Å²) in [5, 5.41) is 2.87. The number of halogens is 2. The van der Waals surface area contributed by atoms with Gasteiger partial charge in [-0.15, -0.1) is 0 Å². The number of hydrogen-bond acceptors (Lipinski definition) is 4. The zero-order valence-electron chi connectivity index (χ0n) is 14.2. The van der Waals surface area contributed by atoms with Crippen molar-refractivity contribution in [1.29, 1.82) is 0 Å². The van der Waals surface area contributed by atoms with E-state index in [0.29, 0.717) is 15.9 Å². The van der Waals surface area contributed by atoms with Crippen LogP contribution in [0.2, 0.25) is 5.02 Å². The zero-order valence-corrected chi connectivity index (χ0v) is 17.4. The molecule has 0 saturated heterocycles. The molecule has 2 aromatic carbocycles. The Kier molecular flexibility index (Phi) is 7.05. The first kappa shape index (κ1) is 20.7. The molecular formula is C17H18BrClN2O4S. The molecule has 1 amide bonds. The molecule has 0 radical (unpaired) electrons. The Bertz CT molecular complexity index is 905. The van der Waals surface area contributed by atoms with Crippen LogP contribution in [-0.4, -0.2) is 38.8 Å². The molecule has 1 N–H and O–H groups in total. The van der Waals surface area contributed by atoms with Crippen LogP contribution in [0.15, 0.2) is 51.8 Å². The van der Waals surface area contributed by atoms with Crippen molar-refractivity contribution in [2.75, 3.05) is 25.5 Å². The van der Waals surface area contributed by atoms with Gasteiger partial charge in [-0.25, -0.2) is 8.42 Å². The molecule has 0 saturated carbocycles. The maximum atomic E-state index is 12.8. The highest BCUT2D eigenvalue weighted by Gasteiger charge is 2.26. The number of rotatable bonds is 7. The van der Waals surface area contributed by atoms with Crippen LogP contribution in [0.5, 0.6) is 5.75 Å². The number of nitrogens with zero attached hydrogens (tertiary/aromatic N) is 1. The molecule has 0 bridgehead atoms. The van der Waals surface area contributed by atoms with E-state index in [-0.39, 0.29) is 23.0 Å². The number of amides is 1. The van der Waals surface area contributed by atoms with Crippen LogP contribution >= 0.6 is 27.5 Å². The van der Waals surface area contributed by atoms with Gasteiger partial charge in [0, 0.05) is 11.0 Å². The molecule has 26 heavy (non-hydrogen) atoms.